The van der Waals surface area contributed by atoms with Crippen molar-refractivity contribution in [3.63, 3.8) is 0 Å². The zero-order valence-corrected chi connectivity index (χ0v) is 17.3. The monoisotopic (exact) mass is 395 g/mol. The molecule has 0 aliphatic rings. The fraction of sp³-hybridized carbons (Fsp3) is 0.286. The van der Waals surface area contributed by atoms with Crippen molar-refractivity contribution < 1.29 is 4.79 Å². The molecule has 0 radical (unpaired) electrons. The van der Waals surface area contributed by atoms with Gasteiger partial charge in [-0.1, -0.05) is 75.0 Å². The molecule has 0 spiro atoms. The largest absolute Gasteiger partial charge is 0.335 e. The first-order valence-electron chi connectivity index (χ1n) is 9.09. The molecule has 0 aliphatic heterocycles. The number of nitrogens with two attached hydrogens (primary N) is 1. The lowest BCUT2D eigenvalue weighted by molar-refractivity contribution is -0.115. The van der Waals surface area contributed by atoms with Crippen LogP contribution in [0.15, 0.2) is 59.8 Å². The summed E-state index contributed by atoms with van der Waals surface area (Å²) in [6, 6.07) is 17.5. The van der Waals surface area contributed by atoms with Crippen LogP contribution < -0.4 is 11.2 Å². The maximum Gasteiger partial charge on any atom is 0.237 e. The van der Waals surface area contributed by atoms with Gasteiger partial charge >= 0.3 is 0 Å². The third-order valence-corrected chi connectivity index (χ3v) is 5.42. The predicted octanol–water partition coefficient (Wildman–Crippen LogP) is 4.08. The second kappa shape index (κ2) is 8.06. The third-order valence-electron chi connectivity index (χ3n) is 4.37. The smallest absolute Gasteiger partial charge is 0.237 e. The van der Waals surface area contributed by atoms with Crippen LogP contribution in [0.1, 0.15) is 33.3 Å². The lowest BCUT2D eigenvalue weighted by Crippen LogP contribution is -2.23. The van der Waals surface area contributed by atoms with Crippen LogP contribution in [0.25, 0.3) is 11.4 Å². The van der Waals surface area contributed by atoms with Crippen LogP contribution >= 0.6 is 11.8 Å². The van der Waals surface area contributed by atoms with E-state index in [4.69, 9.17) is 5.84 Å². The average molecular weight is 396 g/mol. The molecule has 28 heavy (non-hydrogen) atoms. The Hall–Kier alpha value is -2.80. The minimum Gasteiger partial charge on any atom is -0.335 e. The van der Waals surface area contributed by atoms with Crippen LogP contribution in [-0.4, -0.2) is 26.0 Å². The molecule has 1 unspecified atom stereocenters. The van der Waals surface area contributed by atoms with Crippen LogP contribution in [0.2, 0.25) is 0 Å². The normalized spacial score (nSPS) is 12.6. The minimum atomic E-state index is -0.377. The van der Waals surface area contributed by atoms with Crippen molar-refractivity contribution in [2.45, 2.75) is 43.5 Å². The number of rotatable bonds is 5. The highest BCUT2D eigenvalue weighted by Crippen LogP contribution is 2.26. The maximum atomic E-state index is 12.6. The zero-order valence-electron chi connectivity index (χ0n) is 16.5. The Balaban J connectivity index is 1.66. The van der Waals surface area contributed by atoms with E-state index in [0.29, 0.717) is 11.0 Å². The molecule has 1 heterocycles. The van der Waals surface area contributed by atoms with Crippen LogP contribution in [0.4, 0.5) is 5.69 Å². The first kappa shape index (κ1) is 19.9. The second-order valence-electron chi connectivity index (χ2n) is 7.62. The van der Waals surface area contributed by atoms with E-state index in [9.17, 15) is 4.79 Å². The molecule has 7 heteroatoms. The van der Waals surface area contributed by atoms with Crippen LogP contribution in [0, 0.1) is 0 Å². The molecule has 1 atom stereocenters. The summed E-state index contributed by atoms with van der Waals surface area (Å²) in [4.78, 5) is 12.6. The second-order valence-corrected chi connectivity index (χ2v) is 8.93. The number of hydrogen-bond acceptors (Lipinski definition) is 5. The lowest BCUT2D eigenvalue weighted by atomic mass is 9.87. The molecule has 0 saturated carbocycles. The molecule has 3 rings (SSSR count). The fourth-order valence-corrected chi connectivity index (χ4v) is 3.42. The van der Waals surface area contributed by atoms with E-state index in [1.165, 1.54) is 22.0 Å². The Kier molecular flexibility index (Phi) is 5.74. The van der Waals surface area contributed by atoms with Crippen LogP contribution in [0.3, 0.4) is 0 Å². The molecule has 3 N–H and O–H groups in total. The summed E-state index contributed by atoms with van der Waals surface area (Å²) in [5.74, 6) is 6.58. The highest BCUT2D eigenvalue weighted by atomic mass is 32.2. The van der Waals surface area contributed by atoms with Gasteiger partial charge in [0.2, 0.25) is 11.1 Å². The van der Waals surface area contributed by atoms with Crippen molar-refractivity contribution in [2.75, 3.05) is 11.2 Å². The van der Waals surface area contributed by atoms with Gasteiger partial charge in [0.25, 0.3) is 0 Å². The number of amides is 1. The Morgan fingerprint density at radius 1 is 1.07 bits per heavy atom. The van der Waals surface area contributed by atoms with Crippen molar-refractivity contribution in [1.82, 2.24) is 14.9 Å². The summed E-state index contributed by atoms with van der Waals surface area (Å²) in [6.45, 7) is 8.30. The number of carbonyl (C=O) groups excluding carboxylic acids is 1. The van der Waals surface area contributed by atoms with Crippen LogP contribution in [-0.2, 0) is 10.2 Å². The third kappa shape index (κ3) is 4.54. The molecule has 0 fully saturated rings. The molecule has 6 nitrogen and oxygen atoms in total. The quantitative estimate of drug-likeness (QED) is 0.502. The fourth-order valence-electron chi connectivity index (χ4n) is 2.65. The van der Waals surface area contributed by atoms with Gasteiger partial charge in [0.1, 0.15) is 0 Å². The molecule has 1 aromatic heterocycles. The van der Waals surface area contributed by atoms with E-state index < -0.39 is 0 Å². The van der Waals surface area contributed by atoms with Crippen molar-refractivity contribution in [3.8, 4) is 11.4 Å². The van der Waals surface area contributed by atoms with Crippen molar-refractivity contribution >= 4 is 23.4 Å². The Morgan fingerprint density at radius 2 is 1.71 bits per heavy atom. The average Bonchev–Trinajstić information content (AvgIpc) is 3.02. The van der Waals surface area contributed by atoms with Gasteiger partial charge in [-0.2, -0.15) is 0 Å². The first-order chi connectivity index (χ1) is 13.3. The van der Waals surface area contributed by atoms with Gasteiger partial charge < -0.3 is 11.2 Å². The summed E-state index contributed by atoms with van der Waals surface area (Å²) in [5, 5.41) is 11.3. The molecular weight excluding hydrogens is 370 g/mol. The maximum absolute atomic E-state index is 12.6. The SMILES string of the molecule is CC(Sc1nnc(-c2ccccc2)n1N)C(=O)Nc1ccc(C(C)(C)C)cc1. The number of thioether (sulfide) groups is 1. The molecule has 1 amide bonds. The molecule has 146 valence electrons. The predicted molar refractivity (Wildman–Crippen MR) is 115 cm³/mol. The first-order valence-corrected chi connectivity index (χ1v) is 9.97. The summed E-state index contributed by atoms with van der Waals surface area (Å²) < 4.78 is 1.42. The van der Waals surface area contributed by atoms with Gasteiger partial charge in [0.05, 0.1) is 5.25 Å². The molecule has 3 aromatic rings. The molecular formula is C21H25N5OS. The topological polar surface area (TPSA) is 85.8 Å². The number of nitrogens with zero attached hydrogens (tertiary/aromatic N) is 3. The number of aromatic nitrogens is 3. The van der Waals surface area contributed by atoms with E-state index in [1.54, 1.807) is 0 Å². The Bertz CT molecular complexity index is 945. The van der Waals surface area contributed by atoms with Gasteiger partial charge in [-0.15, -0.1) is 10.2 Å². The zero-order chi connectivity index (χ0) is 20.3. The van der Waals surface area contributed by atoms with Crippen molar-refractivity contribution in [2.24, 2.45) is 0 Å². The van der Waals surface area contributed by atoms with E-state index in [2.05, 4.69) is 36.3 Å². The minimum absolute atomic E-state index is 0.0767. The highest BCUT2D eigenvalue weighted by molar-refractivity contribution is 8.00. The van der Waals surface area contributed by atoms with E-state index in [-0.39, 0.29) is 16.6 Å². The number of nitrogens with one attached hydrogen (secondary N) is 1. The standard InChI is InChI=1S/C21H25N5OS/c1-14(19(27)23-17-12-10-16(11-13-17)21(2,3)4)28-20-25-24-18(26(20)22)15-8-6-5-7-9-15/h5-14H,22H2,1-4H3,(H,23,27). The number of benzene rings is 2. The van der Waals surface area contributed by atoms with E-state index in [1.807, 2.05) is 61.5 Å². The van der Waals surface area contributed by atoms with Crippen molar-refractivity contribution in [1.29, 1.82) is 0 Å². The van der Waals surface area contributed by atoms with Crippen molar-refractivity contribution in [3.05, 3.63) is 60.2 Å². The summed E-state index contributed by atoms with van der Waals surface area (Å²) in [5.41, 5.74) is 2.94. The van der Waals surface area contributed by atoms with E-state index >= 15 is 0 Å². The molecule has 0 saturated heterocycles. The summed E-state index contributed by atoms with van der Waals surface area (Å²) in [6.07, 6.45) is 0. The van der Waals surface area contributed by atoms with E-state index in [0.717, 1.165) is 11.3 Å². The van der Waals surface area contributed by atoms with Gasteiger partial charge in [-0.3, -0.25) is 4.79 Å². The Morgan fingerprint density at radius 3 is 2.32 bits per heavy atom. The number of carbonyl (C=O) groups is 1. The molecule has 0 aliphatic carbocycles. The van der Waals surface area contributed by atoms with Gasteiger partial charge in [0.15, 0.2) is 5.82 Å². The van der Waals surface area contributed by atoms with Gasteiger partial charge in [-0.05, 0) is 30.0 Å². The van der Waals surface area contributed by atoms with Gasteiger partial charge in [0, 0.05) is 11.3 Å². The van der Waals surface area contributed by atoms with Gasteiger partial charge in [-0.25, -0.2) is 4.68 Å². The lowest BCUT2D eigenvalue weighted by Gasteiger charge is -2.19. The molecule has 0 bridgehead atoms. The molecule has 2 aromatic carbocycles. The summed E-state index contributed by atoms with van der Waals surface area (Å²) in [7, 11) is 0. The number of anilines is 1. The number of hydrogen-bond donors (Lipinski definition) is 2. The summed E-state index contributed by atoms with van der Waals surface area (Å²) >= 11 is 1.27. The number of nitrogen functional groups attached to an aromatic ring is 1. The Labute approximate surface area is 169 Å². The highest BCUT2D eigenvalue weighted by Gasteiger charge is 2.20. The van der Waals surface area contributed by atoms with Crippen LogP contribution in [0.5, 0.6) is 0 Å².